The topological polar surface area (TPSA) is 123 Å². The van der Waals surface area contributed by atoms with E-state index in [4.69, 9.17) is 16.3 Å². The summed E-state index contributed by atoms with van der Waals surface area (Å²) < 4.78 is 41.8. The Balaban J connectivity index is 3.36. The molecule has 0 saturated heterocycles. The molecule has 1 aromatic carbocycles. The van der Waals surface area contributed by atoms with E-state index in [0.29, 0.717) is 0 Å². The molecule has 1 rings (SSSR count). The van der Waals surface area contributed by atoms with Gasteiger partial charge in [-0.15, -0.1) is 0 Å². The summed E-state index contributed by atoms with van der Waals surface area (Å²) >= 11 is 0. The number of primary amides is 1. The summed E-state index contributed by atoms with van der Waals surface area (Å²) in [5.74, 6) is -1.69. The lowest BCUT2D eigenvalue weighted by Gasteiger charge is -2.37. The van der Waals surface area contributed by atoms with Crippen molar-refractivity contribution in [2.45, 2.75) is 38.5 Å². The van der Waals surface area contributed by atoms with E-state index in [9.17, 15) is 22.8 Å². The molecule has 0 fully saturated rings. The first-order valence-corrected chi connectivity index (χ1v) is 8.76. The van der Waals surface area contributed by atoms with Gasteiger partial charge in [0.05, 0.1) is 24.7 Å². The molecular weight excluding hydrogens is 387 g/mol. The van der Waals surface area contributed by atoms with Gasteiger partial charge in [0.15, 0.2) is 0 Å². The van der Waals surface area contributed by atoms with E-state index in [1.165, 1.54) is 12.1 Å². The monoisotopic (exact) mass is 409 g/mol. The molecule has 2 atom stereocenters. The molecule has 0 aliphatic rings. The Hall–Kier alpha value is -3.11. The van der Waals surface area contributed by atoms with Crippen molar-refractivity contribution in [2.24, 2.45) is 11.7 Å². The number of benzene rings is 1. The molecule has 0 saturated carbocycles. The number of nitriles is 2. The fourth-order valence-corrected chi connectivity index (χ4v) is 2.93. The van der Waals surface area contributed by atoms with E-state index in [0.717, 1.165) is 17.0 Å². The van der Waals surface area contributed by atoms with Crippen molar-refractivity contribution in [1.29, 1.82) is 10.5 Å². The Kier molecular flexibility index (Phi) is 8.61. The minimum atomic E-state index is -4.80. The fourth-order valence-electron chi connectivity index (χ4n) is 2.93. The number of nitrogens with one attached hydrogen (secondary N) is 1. The normalized spacial score (nSPS) is 13.4. The highest BCUT2D eigenvalue weighted by molar-refractivity contribution is 5.94. The van der Waals surface area contributed by atoms with Crippen LogP contribution < -0.4 is 11.1 Å². The van der Waals surface area contributed by atoms with Gasteiger partial charge in [0, 0.05) is 5.56 Å². The maximum atomic E-state index is 13.9. The van der Waals surface area contributed by atoms with Crippen molar-refractivity contribution in [3.63, 3.8) is 0 Å². The highest BCUT2D eigenvalue weighted by Gasteiger charge is 2.47. The van der Waals surface area contributed by atoms with Gasteiger partial charge in [0.1, 0.15) is 12.6 Å². The average Bonchev–Trinajstić information content (AvgIpc) is 2.63. The maximum Gasteiger partial charge on any atom is 0.408 e. The number of halogens is 3. The van der Waals surface area contributed by atoms with Gasteiger partial charge >= 0.3 is 6.18 Å². The molecule has 3 N–H and O–H groups in total. The van der Waals surface area contributed by atoms with Gasteiger partial charge < -0.3 is 11.1 Å². The van der Waals surface area contributed by atoms with Crippen LogP contribution in [0.2, 0.25) is 0 Å². The van der Waals surface area contributed by atoms with E-state index in [1.54, 1.807) is 26.0 Å². The van der Waals surface area contributed by atoms with Crippen LogP contribution >= 0.6 is 0 Å². The number of nitrogens with zero attached hydrogens (tertiary/aromatic N) is 3. The molecule has 29 heavy (non-hydrogen) atoms. The molecule has 0 aliphatic heterocycles. The second-order valence-electron chi connectivity index (χ2n) is 6.79. The molecule has 7 nitrogen and oxygen atoms in total. The Bertz CT molecular complexity index is 794. The molecule has 0 aliphatic carbocycles. The fraction of sp³-hybridized carbons (Fsp3) is 0.474. The molecule has 0 bridgehead atoms. The number of carbonyl (C=O) groups excluding carboxylic acids is 2. The molecule has 156 valence electrons. The molecule has 0 radical (unpaired) electrons. The van der Waals surface area contributed by atoms with Crippen LogP contribution in [-0.2, 0) is 4.79 Å². The summed E-state index contributed by atoms with van der Waals surface area (Å²) in [4.78, 5) is 24.5. The summed E-state index contributed by atoms with van der Waals surface area (Å²) in [6.45, 7) is 2.57. The molecule has 1 aromatic rings. The molecule has 0 unspecified atom stereocenters. The van der Waals surface area contributed by atoms with Crippen LogP contribution in [0.1, 0.15) is 42.2 Å². The average molecular weight is 409 g/mol. The van der Waals surface area contributed by atoms with Gasteiger partial charge in [-0.3, -0.25) is 14.5 Å². The largest absolute Gasteiger partial charge is 0.408 e. The Morgan fingerprint density at radius 2 is 1.76 bits per heavy atom. The molecule has 2 amide bonds. The van der Waals surface area contributed by atoms with Crippen LogP contribution in [0.3, 0.4) is 0 Å². The molecular formula is C19H22F3N5O2. The quantitative estimate of drug-likeness (QED) is 0.606. The van der Waals surface area contributed by atoms with Gasteiger partial charge in [-0.05, 0) is 30.0 Å². The van der Waals surface area contributed by atoms with Crippen LogP contribution in [0.25, 0.3) is 0 Å². The number of alkyl halides is 3. The van der Waals surface area contributed by atoms with Crippen molar-refractivity contribution >= 4 is 11.8 Å². The third kappa shape index (κ3) is 6.77. The lowest BCUT2D eigenvalue weighted by atomic mass is 9.96. The van der Waals surface area contributed by atoms with Gasteiger partial charge in [-0.1, -0.05) is 26.0 Å². The summed E-state index contributed by atoms with van der Waals surface area (Å²) in [7, 11) is 0. The molecule has 0 spiro atoms. The summed E-state index contributed by atoms with van der Waals surface area (Å²) in [6, 6.07) is 4.44. The zero-order chi connectivity index (χ0) is 22.2. The Morgan fingerprint density at radius 3 is 2.17 bits per heavy atom. The van der Waals surface area contributed by atoms with Crippen LogP contribution in [0, 0.1) is 28.6 Å². The second kappa shape index (κ2) is 10.4. The first-order valence-electron chi connectivity index (χ1n) is 8.76. The Labute approximate surface area is 166 Å². The van der Waals surface area contributed by atoms with Crippen LogP contribution in [0.5, 0.6) is 0 Å². The molecule has 0 aromatic heterocycles. The zero-order valence-electron chi connectivity index (χ0n) is 16.0. The van der Waals surface area contributed by atoms with E-state index < -0.39 is 36.6 Å². The van der Waals surface area contributed by atoms with Crippen molar-refractivity contribution < 1.29 is 22.8 Å². The van der Waals surface area contributed by atoms with Gasteiger partial charge in [0.2, 0.25) is 5.91 Å². The second-order valence-corrected chi connectivity index (χ2v) is 6.79. The lowest BCUT2D eigenvalue weighted by molar-refractivity contribution is -0.192. The van der Waals surface area contributed by atoms with Crippen LogP contribution in [0.15, 0.2) is 24.3 Å². The smallest absolute Gasteiger partial charge is 0.368 e. The molecule has 0 heterocycles. The van der Waals surface area contributed by atoms with Crippen molar-refractivity contribution in [3.8, 4) is 12.1 Å². The summed E-state index contributed by atoms with van der Waals surface area (Å²) in [6.07, 6.45) is -4.75. The number of nitrogens with two attached hydrogens (primary N) is 1. The number of carbonyl (C=O) groups is 2. The number of hydrogen-bond donors (Lipinski definition) is 2. The predicted molar refractivity (Wildman–Crippen MR) is 97.9 cm³/mol. The minimum Gasteiger partial charge on any atom is -0.368 e. The number of amides is 2. The minimum absolute atomic E-state index is 0.0538. The Morgan fingerprint density at radius 1 is 1.17 bits per heavy atom. The van der Waals surface area contributed by atoms with Crippen molar-refractivity contribution in [3.05, 3.63) is 35.4 Å². The van der Waals surface area contributed by atoms with Crippen LogP contribution in [0.4, 0.5) is 13.2 Å². The third-order valence-corrected chi connectivity index (χ3v) is 4.14. The van der Waals surface area contributed by atoms with Gasteiger partial charge in [0.25, 0.3) is 5.91 Å². The van der Waals surface area contributed by atoms with E-state index >= 15 is 0 Å². The third-order valence-electron chi connectivity index (χ3n) is 4.14. The first-order chi connectivity index (χ1) is 13.5. The van der Waals surface area contributed by atoms with E-state index in [2.05, 4.69) is 5.32 Å². The highest BCUT2D eigenvalue weighted by Crippen LogP contribution is 2.39. The van der Waals surface area contributed by atoms with Crippen LogP contribution in [-0.4, -0.2) is 42.0 Å². The first kappa shape index (κ1) is 23.9. The summed E-state index contributed by atoms with van der Waals surface area (Å²) in [5, 5.41) is 19.8. The standard InChI is InChI=1S/C19H22F3N5O2/c1-12(2)11-15(17(25)28)27(10-8-24)16(19(20,21)22)13-3-5-14(6-4-13)18(29)26-9-7-23/h3-6,12,15-16H,9-11H2,1-2H3,(H2,25,28)(H,26,29)/t15-,16+/m0/s1. The SMILES string of the molecule is CC(C)C[C@@H](C(N)=O)N(CC#N)[C@H](c1ccc(C(=O)NCC#N)cc1)C(F)(F)F. The maximum absolute atomic E-state index is 13.9. The zero-order valence-corrected chi connectivity index (χ0v) is 16.0. The van der Waals surface area contributed by atoms with E-state index in [1.807, 2.05) is 0 Å². The molecule has 10 heteroatoms. The van der Waals surface area contributed by atoms with Crippen molar-refractivity contribution in [2.75, 3.05) is 13.1 Å². The lowest BCUT2D eigenvalue weighted by Crippen LogP contribution is -2.51. The highest BCUT2D eigenvalue weighted by atomic mass is 19.4. The van der Waals surface area contributed by atoms with Gasteiger partial charge in [-0.2, -0.15) is 23.7 Å². The van der Waals surface area contributed by atoms with E-state index in [-0.39, 0.29) is 30.0 Å². The summed E-state index contributed by atoms with van der Waals surface area (Å²) in [5.41, 5.74) is 5.19. The van der Waals surface area contributed by atoms with Gasteiger partial charge in [-0.25, -0.2) is 0 Å². The van der Waals surface area contributed by atoms with Crippen molar-refractivity contribution in [1.82, 2.24) is 10.2 Å². The number of hydrogen-bond acceptors (Lipinski definition) is 5. The number of rotatable bonds is 9. The predicted octanol–water partition coefficient (Wildman–Crippen LogP) is 2.27.